The van der Waals surface area contributed by atoms with Crippen molar-refractivity contribution in [2.24, 2.45) is 10.1 Å². The van der Waals surface area contributed by atoms with E-state index in [2.05, 4.69) is 10.3 Å². The molecule has 0 aliphatic carbocycles. The summed E-state index contributed by atoms with van der Waals surface area (Å²) in [6.07, 6.45) is 0. The highest BCUT2D eigenvalue weighted by Crippen LogP contribution is 2.26. The summed E-state index contributed by atoms with van der Waals surface area (Å²) in [6, 6.07) is 16.0. The van der Waals surface area contributed by atoms with Gasteiger partial charge in [0, 0.05) is 5.56 Å². The van der Waals surface area contributed by atoms with Crippen molar-refractivity contribution in [2.75, 3.05) is 0 Å². The molecule has 2 aromatic carbocycles. The highest BCUT2D eigenvalue weighted by atomic mass is 32.2. The normalized spacial score (nSPS) is 21.6. The van der Waals surface area contributed by atoms with E-state index in [0.717, 1.165) is 22.3 Å². The van der Waals surface area contributed by atoms with Crippen molar-refractivity contribution < 1.29 is 4.21 Å². The molecule has 1 aliphatic heterocycles. The average Bonchev–Trinajstić information content (AvgIpc) is 2.38. The molecule has 96 valence electrons. The van der Waals surface area contributed by atoms with Gasteiger partial charge < -0.3 is 5.73 Å². The molecule has 0 fully saturated rings. The van der Waals surface area contributed by atoms with E-state index in [0.29, 0.717) is 11.6 Å². The first-order valence-electron chi connectivity index (χ1n) is 5.94. The zero-order valence-corrected chi connectivity index (χ0v) is 11.2. The summed E-state index contributed by atoms with van der Waals surface area (Å²) < 4.78 is 16.0. The first-order valence-corrected chi connectivity index (χ1v) is 7.79. The van der Waals surface area contributed by atoms with Crippen LogP contribution in [-0.2, 0) is 15.5 Å². The standard InChI is InChI=1S/C15H14N2OS/c1-19(18)10-13-8-7-12(9-14(13)15(16)17-19)11-5-3-2-4-6-11/h2-9H,1,10H2,(H2,16,17,18). The monoisotopic (exact) mass is 270 g/mol. The molecule has 1 atom stereocenters. The third-order valence-corrected chi connectivity index (χ3v) is 4.43. The Balaban J connectivity index is 2.14. The predicted octanol–water partition coefficient (Wildman–Crippen LogP) is 2.20. The quantitative estimate of drug-likeness (QED) is 0.808. The summed E-state index contributed by atoms with van der Waals surface area (Å²) in [5.74, 6) is 4.30. The van der Waals surface area contributed by atoms with Crippen LogP contribution < -0.4 is 5.73 Å². The number of hydrogen-bond acceptors (Lipinski definition) is 2. The van der Waals surface area contributed by atoms with Gasteiger partial charge in [-0.2, -0.15) is 4.40 Å². The van der Waals surface area contributed by atoms with Crippen molar-refractivity contribution in [1.29, 1.82) is 0 Å². The van der Waals surface area contributed by atoms with E-state index in [1.807, 2.05) is 48.5 Å². The van der Waals surface area contributed by atoms with Gasteiger partial charge >= 0.3 is 0 Å². The smallest absolute Gasteiger partial charge is 0.141 e. The predicted molar refractivity (Wildman–Crippen MR) is 81.6 cm³/mol. The van der Waals surface area contributed by atoms with Crippen LogP contribution in [-0.4, -0.2) is 15.9 Å². The summed E-state index contributed by atoms with van der Waals surface area (Å²) in [5.41, 5.74) is 9.92. The molecule has 2 N–H and O–H groups in total. The van der Waals surface area contributed by atoms with Gasteiger partial charge in [-0.15, -0.1) is 0 Å². The SMILES string of the molecule is C=S1(=O)Cc2ccc(-c3ccccc3)cc2C(N)=N1. The molecule has 1 aliphatic rings. The minimum Gasteiger partial charge on any atom is -0.383 e. The number of hydrogen-bond donors (Lipinski definition) is 1. The summed E-state index contributed by atoms with van der Waals surface area (Å²) >= 11 is 0. The Kier molecular flexibility index (Phi) is 2.68. The number of fused-ring (bicyclic) bond motifs is 1. The van der Waals surface area contributed by atoms with Crippen LogP contribution >= 0.6 is 0 Å². The van der Waals surface area contributed by atoms with E-state index >= 15 is 0 Å². The molecule has 19 heavy (non-hydrogen) atoms. The highest BCUT2D eigenvalue weighted by Gasteiger charge is 2.18. The molecule has 4 heteroatoms. The molecule has 3 nitrogen and oxygen atoms in total. The van der Waals surface area contributed by atoms with Gasteiger partial charge in [0.15, 0.2) is 0 Å². The van der Waals surface area contributed by atoms with Crippen LogP contribution in [0.3, 0.4) is 0 Å². The summed E-state index contributed by atoms with van der Waals surface area (Å²) in [4.78, 5) is 0. The van der Waals surface area contributed by atoms with Gasteiger partial charge in [0.1, 0.15) is 5.84 Å². The van der Waals surface area contributed by atoms with Crippen LogP contribution in [0.15, 0.2) is 52.9 Å². The van der Waals surface area contributed by atoms with E-state index in [1.54, 1.807) is 0 Å². The van der Waals surface area contributed by atoms with Gasteiger partial charge in [-0.05, 0) is 28.6 Å². The molecular formula is C15H14N2OS. The summed E-state index contributed by atoms with van der Waals surface area (Å²) in [5, 5.41) is 0. The van der Waals surface area contributed by atoms with Gasteiger partial charge in [-0.25, -0.2) is 4.21 Å². The second-order valence-corrected chi connectivity index (χ2v) is 6.65. The first-order chi connectivity index (χ1) is 9.05. The van der Waals surface area contributed by atoms with E-state index in [9.17, 15) is 4.21 Å². The lowest BCUT2D eigenvalue weighted by Crippen LogP contribution is -2.23. The minimum atomic E-state index is -2.46. The zero-order valence-electron chi connectivity index (χ0n) is 10.4. The molecule has 1 unspecified atom stereocenters. The molecule has 0 saturated carbocycles. The Bertz CT molecular complexity index is 762. The van der Waals surface area contributed by atoms with Gasteiger partial charge in [0.05, 0.1) is 15.5 Å². The Morgan fingerprint density at radius 1 is 1.11 bits per heavy atom. The molecule has 0 bridgehead atoms. The maximum Gasteiger partial charge on any atom is 0.141 e. The van der Waals surface area contributed by atoms with Crippen LogP contribution in [0.1, 0.15) is 11.1 Å². The lowest BCUT2D eigenvalue weighted by Gasteiger charge is -2.17. The number of nitrogens with two attached hydrogens (primary N) is 1. The lowest BCUT2D eigenvalue weighted by molar-refractivity contribution is 0.681. The van der Waals surface area contributed by atoms with Gasteiger partial charge in [-0.1, -0.05) is 42.5 Å². The van der Waals surface area contributed by atoms with Gasteiger partial charge in [0.2, 0.25) is 0 Å². The van der Waals surface area contributed by atoms with Crippen molar-refractivity contribution in [3.63, 3.8) is 0 Å². The third kappa shape index (κ3) is 2.27. The first kappa shape index (κ1) is 12.0. The molecule has 1 heterocycles. The second-order valence-electron chi connectivity index (χ2n) is 4.63. The minimum absolute atomic E-state index is 0.319. The van der Waals surface area contributed by atoms with E-state index < -0.39 is 9.71 Å². The third-order valence-electron chi connectivity index (χ3n) is 3.14. The molecule has 0 radical (unpaired) electrons. The maximum absolute atomic E-state index is 12.0. The van der Waals surface area contributed by atoms with E-state index in [1.165, 1.54) is 0 Å². The van der Waals surface area contributed by atoms with Gasteiger partial charge in [-0.3, -0.25) is 0 Å². The van der Waals surface area contributed by atoms with E-state index in [4.69, 9.17) is 5.73 Å². The van der Waals surface area contributed by atoms with Crippen molar-refractivity contribution in [3.8, 4) is 11.1 Å². The molecule has 2 aromatic rings. The molecule has 0 amide bonds. The van der Waals surface area contributed by atoms with Crippen LogP contribution in [0.4, 0.5) is 0 Å². The Hall–Kier alpha value is -2.07. The number of rotatable bonds is 1. The Labute approximate surface area is 112 Å². The summed E-state index contributed by atoms with van der Waals surface area (Å²) in [6.45, 7) is 0. The van der Waals surface area contributed by atoms with Crippen LogP contribution in [0.2, 0.25) is 0 Å². The molecule has 0 aromatic heterocycles. The molecule has 0 saturated heterocycles. The maximum atomic E-state index is 12.0. The van der Waals surface area contributed by atoms with Crippen molar-refractivity contribution in [3.05, 3.63) is 59.7 Å². The van der Waals surface area contributed by atoms with Gasteiger partial charge in [0.25, 0.3) is 0 Å². The topological polar surface area (TPSA) is 55.5 Å². The molecular weight excluding hydrogens is 256 g/mol. The Morgan fingerprint density at radius 2 is 1.84 bits per heavy atom. The van der Waals surface area contributed by atoms with Crippen LogP contribution in [0, 0.1) is 0 Å². The van der Waals surface area contributed by atoms with Crippen LogP contribution in [0.5, 0.6) is 0 Å². The molecule has 0 spiro atoms. The van der Waals surface area contributed by atoms with Crippen molar-refractivity contribution in [2.45, 2.75) is 5.75 Å². The number of amidine groups is 1. The van der Waals surface area contributed by atoms with E-state index in [-0.39, 0.29) is 0 Å². The van der Waals surface area contributed by atoms with Crippen molar-refractivity contribution in [1.82, 2.24) is 0 Å². The fraction of sp³-hybridized carbons (Fsp3) is 0.0667. The van der Waals surface area contributed by atoms with Crippen molar-refractivity contribution >= 4 is 21.4 Å². The largest absolute Gasteiger partial charge is 0.383 e. The number of nitrogens with zero attached hydrogens (tertiary/aromatic N) is 1. The zero-order chi connectivity index (χ0) is 13.5. The fourth-order valence-corrected chi connectivity index (χ4v) is 3.51. The Morgan fingerprint density at radius 3 is 2.58 bits per heavy atom. The lowest BCUT2D eigenvalue weighted by atomic mass is 9.99. The molecule has 3 rings (SSSR count). The highest BCUT2D eigenvalue weighted by molar-refractivity contribution is 7.98. The summed E-state index contributed by atoms with van der Waals surface area (Å²) in [7, 11) is -2.46. The fourth-order valence-electron chi connectivity index (χ4n) is 2.25. The average molecular weight is 270 g/mol. The number of benzene rings is 2. The van der Waals surface area contributed by atoms with Crippen LogP contribution in [0.25, 0.3) is 11.1 Å². The second kappa shape index (κ2) is 4.24.